The van der Waals surface area contributed by atoms with Gasteiger partial charge in [0.25, 0.3) is 0 Å². The molecule has 0 bridgehead atoms. The van der Waals surface area contributed by atoms with E-state index in [1.807, 2.05) is 0 Å². The van der Waals surface area contributed by atoms with Crippen LogP contribution < -0.4 is 4.90 Å². The molecule has 16 rings (SSSR count). The fourth-order valence-electron chi connectivity index (χ4n) is 15.4. The molecule has 75 heavy (non-hydrogen) atoms. The third-order valence-electron chi connectivity index (χ3n) is 18.6. The highest BCUT2D eigenvalue weighted by atomic mass is 15.1. The van der Waals surface area contributed by atoms with Gasteiger partial charge in [0.15, 0.2) is 0 Å². The fraction of sp³-hybridized carbons (Fsp3) is 0.108. The fourth-order valence-corrected chi connectivity index (χ4v) is 15.4. The first kappa shape index (κ1) is 42.7. The normalized spacial score (nSPS) is 15.9. The standard InChI is InChI=1S/C74H53N/c1-71(2)59-27-10-5-20-51(59)56-42-40-48(44-68(56)71)75(49-41-43-57-52-21-6-11-28-60(52)72(3,4)69(57)45-49)47-38-36-46(37-39-47)50-25-19-26-58-55-24-9-14-31-63(55)74(70(50)58)66-34-17-15-32-64(66)73(65-33-16-18-35-67(65)74)61-29-12-7-22-53(61)54-23-8-13-30-62(54)73/h5-45H,1-4H3. The zero-order valence-electron chi connectivity index (χ0n) is 42.6. The second-order valence-corrected chi connectivity index (χ2v) is 22.6. The molecule has 0 N–H and O–H groups in total. The number of hydrogen-bond donors (Lipinski definition) is 0. The van der Waals surface area contributed by atoms with Gasteiger partial charge < -0.3 is 4.90 Å². The van der Waals surface area contributed by atoms with Crippen LogP contribution in [-0.2, 0) is 21.7 Å². The van der Waals surface area contributed by atoms with E-state index in [2.05, 4.69) is 281 Å². The summed E-state index contributed by atoms with van der Waals surface area (Å²) in [6.45, 7) is 9.53. The molecular weight excluding hydrogens is 903 g/mol. The van der Waals surface area contributed by atoms with E-state index in [4.69, 9.17) is 0 Å². The molecule has 0 radical (unpaired) electrons. The molecule has 0 amide bonds. The molecule has 11 aromatic carbocycles. The van der Waals surface area contributed by atoms with E-state index < -0.39 is 10.8 Å². The van der Waals surface area contributed by atoms with Crippen molar-refractivity contribution in [1.82, 2.24) is 0 Å². The van der Waals surface area contributed by atoms with Crippen molar-refractivity contribution in [3.05, 3.63) is 315 Å². The van der Waals surface area contributed by atoms with Crippen LogP contribution in [0.5, 0.6) is 0 Å². The first-order chi connectivity index (χ1) is 36.7. The molecule has 0 fully saturated rings. The Bertz CT molecular complexity index is 4060. The van der Waals surface area contributed by atoms with Crippen molar-refractivity contribution in [3.8, 4) is 55.6 Å². The smallest absolute Gasteiger partial charge is 0.0726 e. The van der Waals surface area contributed by atoms with Crippen LogP contribution in [0.15, 0.2) is 249 Å². The Kier molecular flexibility index (Phi) is 8.50. The van der Waals surface area contributed by atoms with Gasteiger partial charge in [0.1, 0.15) is 0 Å². The molecule has 0 saturated carbocycles. The minimum atomic E-state index is -0.596. The lowest BCUT2D eigenvalue weighted by Crippen LogP contribution is -2.44. The Morgan fingerprint density at radius 2 is 0.533 bits per heavy atom. The zero-order chi connectivity index (χ0) is 50.0. The van der Waals surface area contributed by atoms with E-state index in [0.717, 1.165) is 17.1 Å². The first-order valence-electron chi connectivity index (χ1n) is 26.8. The number of anilines is 3. The lowest BCUT2D eigenvalue weighted by molar-refractivity contribution is 0.633. The van der Waals surface area contributed by atoms with E-state index in [1.165, 1.54) is 122 Å². The van der Waals surface area contributed by atoms with Crippen LogP contribution in [0, 0.1) is 0 Å². The SMILES string of the molecule is CC1(C)c2ccccc2-c2ccc(N(c3ccc(-c4cccc5c4C4(c6ccccc6-5)c5ccccc5C5(c6ccccc6-c6ccccc65)c5ccccc54)cc3)c3ccc4c(c3)C(C)(C)c3ccccc3-4)cc21. The number of hydrogen-bond acceptors (Lipinski definition) is 1. The number of rotatable bonds is 4. The number of nitrogens with zero attached hydrogens (tertiary/aromatic N) is 1. The summed E-state index contributed by atoms with van der Waals surface area (Å²) in [7, 11) is 0. The molecule has 0 saturated heterocycles. The highest BCUT2D eigenvalue weighted by Crippen LogP contribution is 2.68. The second kappa shape index (κ2) is 14.9. The summed E-state index contributed by atoms with van der Waals surface area (Å²) in [5.74, 6) is 0. The summed E-state index contributed by atoms with van der Waals surface area (Å²) in [6.07, 6.45) is 0. The topological polar surface area (TPSA) is 3.24 Å². The minimum Gasteiger partial charge on any atom is -0.310 e. The molecule has 1 heteroatoms. The summed E-state index contributed by atoms with van der Waals surface area (Å²) in [4.78, 5) is 2.50. The molecule has 354 valence electrons. The van der Waals surface area contributed by atoms with Crippen molar-refractivity contribution in [1.29, 1.82) is 0 Å². The van der Waals surface area contributed by atoms with Gasteiger partial charge in [-0.2, -0.15) is 0 Å². The number of fused-ring (bicyclic) bond motifs is 22. The van der Waals surface area contributed by atoms with Crippen molar-refractivity contribution in [2.45, 2.75) is 49.4 Å². The zero-order valence-corrected chi connectivity index (χ0v) is 42.6. The maximum atomic E-state index is 2.50. The summed E-state index contributed by atoms with van der Waals surface area (Å²) in [5, 5.41) is 0. The summed E-state index contributed by atoms with van der Waals surface area (Å²) in [6, 6.07) is 95.3. The third-order valence-corrected chi connectivity index (χ3v) is 18.6. The summed E-state index contributed by atoms with van der Waals surface area (Å²) in [5.41, 5.74) is 31.4. The van der Waals surface area contributed by atoms with Crippen LogP contribution in [0.1, 0.15) is 94.5 Å². The predicted molar refractivity (Wildman–Crippen MR) is 310 cm³/mol. The quantitative estimate of drug-likeness (QED) is 0.170. The molecule has 11 aromatic rings. The van der Waals surface area contributed by atoms with Gasteiger partial charge in [0.2, 0.25) is 0 Å². The van der Waals surface area contributed by atoms with E-state index in [1.54, 1.807) is 0 Å². The molecular formula is C74H53N. The van der Waals surface area contributed by atoms with Gasteiger partial charge >= 0.3 is 0 Å². The van der Waals surface area contributed by atoms with Crippen molar-refractivity contribution in [2.75, 3.05) is 4.90 Å². The lowest BCUT2D eigenvalue weighted by atomic mass is 9.52. The maximum absolute atomic E-state index is 2.50. The molecule has 5 aliphatic carbocycles. The Morgan fingerprint density at radius 3 is 0.987 bits per heavy atom. The highest BCUT2D eigenvalue weighted by molar-refractivity contribution is 5.98. The average Bonchev–Trinajstić information content (AvgIpc) is 4.31. The molecule has 0 atom stereocenters. The Morgan fingerprint density at radius 1 is 0.227 bits per heavy atom. The lowest BCUT2D eigenvalue weighted by Gasteiger charge is -2.49. The molecule has 2 spiro atoms. The molecule has 0 heterocycles. The second-order valence-electron chi connectivity index (χ2n) is 22.6. The van der Waals surface area contributed by atoms with Gasteiger partial charge in [-0.1, -0.05) is 240 Å². The van der Waals surface area contributed by atoms with Crippen LogP contribution in [0.2, 0.25) is 0 Å². The molecule has 5 aliphatic rings. The van der Waals surface area contributed by atoms with E-state index in [9.17, 15) is 0 Å². The molecule has 0 aromatic heterocycles. The van der Waals surface area contributed by atoms with Gasteiger partial charge in [-0.25, -0.2) is 0 Å². The molecule has 1 nitrogen and oxygen atoms in total. The van der Waals surface area contributed by atoms with Gasteiger partial charge in [-0.05, 0) is 159 Å². The number of benzene rings is 11. The van der Waals surface area contributed by atoms with Crippen LogP contribution in [0.3, 0.4) is 0 Å². The Balaban J connectivity index is 0.905. The van der Waals surface area contributed by atoms with Gasteiger partial charge in [-0.3, -0.25) is 0 Å². The van der Waals surface area contributed by atoms with Crippen molar-refractivity contribution >= 4 is 17.1 Å². The van der Waals surface area contributed by atoms with Gasteiger partial charge in [-0.15, -0.1) is 0 Å². The average molecular weight is 956 g/mol. The van der Waals surface area contributed by atoms with Gasteiger partial charge in [0.05, 0.1) is 10.8 Å². The summed E-state index contributed by atoms with van der Waals surface area (Å²) >= 11 is 0. The van der Waals surface area contributed by atoms with Gasteiger partial charge in [0, 0.05) is 27.9 Å². The third kappa shape index (κ3) is 5.28. The van der Waals surface area contributed by atoms with Crippen molar-refractivity contribution in [3.63, 3.8) is 0 Å². The highest BCUT2D eigenvalue weighted by Gasteiger charge is 2.59. The van der Waals surface area contributed by atoms with Crippen molar-refractivity contribution < 1.29 is 0 Å². The van der Waals surface area contributed by atoms with Crippen LogP contribution in [0.25, 0.3) is 55.6 Å². The van der Waals surface area contributed by atoms with Crippen LogP contribution >= 0.6 is 0 Å². The van der Waals surface area contributed by atoms with Crippen molar-refractivity contribution in [2.24, 2.45) is 0 Å². The molecule has 0 aliphatic heterocycles. The minimum absolute atomic E-state index is 0.138. The van der Waals surface area contributed by atoms with E-state index in [-0.39, 0.29) is 10.8 Å². The van der Waals surface area contributed by atoms with Crippen LogP contribution in [-0.4, -0.2) is 0 Å². The maximum Gasteiger partial charge on any atom is 0.0726 e. The first-order valence-corrected chi connectivity index (χ1v) is 26.8. The largest absolute Gasteiger partial charge is 0.310 e. The van der Waals surface area contributed by atoms with E-state index >= 15 is 0 Å². The molecule has 0 unspecified atom stereocenters. The summed E-state index contributed by atoms with van der Waals surface area (Å²) < 4.78 is 0. The van der Waals surface area contributed by atoms with Crippen LogP contribution in [0.4, 0.5) is 17.1 Å². The Hall–Kier alpha value is -8.78. The van der Waals surface area contributed by atoms with E-state index in [0.29, 0.717) is 0 Å². The predicted octanol–water partition coefficient (Wildman–Crippen LogP) is 18.5. The Labute approximate surface area is 440 Å². The monoisotopic (exact) mass is 955 g/mol.